The number of ether oxygens (including phenoxy) is 1. The molecule has 1 saturated carbocycles. The maximum Gasteiger partial charge on any atom is 0.337 e. The molecule has 0 unspecified atom stereocenters. The van der Waals surface area contributed by atoms with Crippen LogP contribution in [0.3, 0.4) is 0 Å². The van der Waals surface area contributed by atoms with Crippen LogP contribution in [0.15, 0.2) is 64.4 Å². The van der Waals surface area contributed by atoms with Crippen molar-refractivity contribution < 1.29 is 9.13 Å². The lowest BCUT2D eigenvalue weighted by molar-refractivity contribution is 0.408. The third kappa shape index (κ3) is 2.92. The first-order valence-electron chi connectivity index (χ1n) is 9.68. The second-order valence-corrected chi connectivity index (χ2v) is 7.36. The molecule has 5 rings (SSSR count). The second kappa shape index (κ2) is 6.98. The maximum atomic E-state index is 13.4. The van der Waals surface area contributed by atoms with Gasteiger partial charge in [0.15, 0.2) is 11.2 Å². The van der Waals surface area contributed by atoms with Crippen molar-refractivity contribution >= 4 is 11.2 Å². The van der Waals surface area contributed by atoms with Crippen molar-refractivity contribution in [3.05, 3.63) is 87.1 Å². The van der Waals surface area contributed by atoms with Crippen molar-refractivity contribution in [1.29, 1.82) is 0 Å². The van der Waals surface area contributed by atoms with Gasteiger partial charge in [0.2, 0.25) is 0 Å². The normalized spacial score (nSPS) is 13.7. The van der Waals surface area contributed by atoms with E-state index in [-0.39, 0.29) is 17.2 Å². The molecule has 1 fully saturated rings. The van der Waals surface area contributed by atoms with Gasteiger partial charge in [-0.15, -0.1) is 0 Å². The summed E-state index contributed by atoms with van der Waals surface area (Å²) in [6.07, 6.45) is 3.12. The van der Waals surface area contributed by atoms with Gasteiger partial charge in [-0.25, -0.2) is 18.7 Å². The van der Waals surface area contributed by atoms with Gasteiger partial charge in [0.1, 0.15) is 11.6 Å². The Hall–Kier alpha value is -3.68. The predicted octanol–water partition coefficient (Wildman–Crippen LogP) is 2.88. The van der Waals surface area contributed by atoms with Crippen molar-refractivity contribution in [2.45, 2.75) is 25.4 Å². The summed E-state index contributed by atoms with van der Waals surface area (Å²) in [5.74, 6) is 0.300. The Kier molecular flexibility index (Phi) is 4.27. The van der Waals surface area contributed by atoms with Crippen LogP contribution in [0.4, 0.5) is 4.39 Å². The van der Waals surface area contributed by atoms with Crippen LogP contribution < -0.4 is 16.0 Å². The van der Waals surface area contributed by atoms with Crippen molar-refractivity contribution in [2.24, 2.45) is 0 Å². The Morgan fingerprint density at radius 2 is 1.83 bits per heavy atom. The average molecular weight is 406 g/mol. The lowest BCUT2D eigenvalue weighted by Gasteiger charge is -2.13. The Morgan fingerprint density at radius 1 is 1.10 bits per heavy atom. The SMILES string of the molecule is COc1ccccc1Cn1cnc2c1c(=O)n(C1CC1)c(=O)n2-c1ccc(F)cc1. The van der Waals surface area contributed by atoms with Crippen LogP contribution in [0.1, 0.15) is 24.4 Å². The summed E-state index contributed by atoms with van der Waals surface area (Å²) < 4.78 is 23.3. The van der Waals surface area contributed by atoms with E-state index in [0.29, 0.717) is 23.5 Å². The number of methoxy groups -OCH3 is 1. The summed E-state index contributed by atoms with van der Waals surface area (Å²) in [7, 11) is 1.59. The van der Waals surface area contributed by atoms with Crippen LogP contribution in [0.2, 0.25) is 0 Å². The Balaban J connectivity index is 1.77. The van der Waals surface area contributed by atoms with Crippen LogP contribution in [-0.4, -0.2) is 25.8 Å². The molecule has 4 aromatic rings. The van der Waals surface area contributed by atoms with E-state index in [1.54, 1.807) is 18.0 Å². The molecular weight excluding hydrogens is 387 g/mol. The average Bonchev–Trinajstić information content (AvgIpc) is 3.50. The Labute approximate surface area is 170 Å². The van der Waals surface area contributed by atoms with Crippen molar-refractivity contribution in [3.63, 3.8) is 0 Å². The largest absolute Gasteiger partial charge is 0.496 e. The molecule has 0 atom stereocenters. The molecule has 0 saturated heterocycles. The van der Waals surface area contributed by atoms with Crippen LogP contribution >= 0.6 is 0 Å². The number of imidazole rings is 1. The van der Waals surface area contributed by atoms with Gasteiger partial charge >= 0.3 is 5.69 Å². The summed E-state index contributed by atoms with van der Waals surface area (Å²) in [5, 5.41) is 0. The van der Waals surface area contributed by atoms with E-state index in [1.165, 1.54) is 33.4 Å². The number of hydrogen-bond donors (Lipinski definition) is 0. The van der Waals surface area contributed by atoms with Crippen molar-refractivity contribution in [1.82, 2.24) is 18.7 Å². The highest BCUT2D eigenvalue weighted by Crippen LogP contribution is 2.32. The zero-order valence-corrected chi connectivity index (χ0v) is 16.3. The molecule has 7 nitrogen and oxygen atoms in total. The first-order valence-corrected chi connectivity index (χ1v) is 9.68. The lowest BCUT2D eigenvalue weighted by Crippen LogP contribution is -2.39. The minimum atomic E-state index is -0.454. The predicted molar refractivity (Wildman–Crippen MR) is 110 cm³/mol. The second-order valence-electron chi connectivity index (χ2n) is 7.36. The van der Waals surface area contributed by atoms with Gasteiger partial charge in [-0.1, -0.05) is 18.2 Å². The quantitative estimate of drug-likeness (QED) is 0.511. The van der Waals surface area contributed by atoms with E-state index in [0.717, 1.165) is 18.4 Å². The fraction of sp³-hybridized carbons (Fsp3) is 0.227. The van der Waals surface area contributed by atoms with Crippen LogP contribution in [0, 0.1) is 5.82 Å². The molecule has 0 N–H and O–H groups in total. The fourth-order valence-corrected chi connectivity index (χ4v) is 3.77. The lowest BCUT2D eigenvalue weighted by atomic mass is 10.2. The smallest absolute Gasteiger partial charge is 0.337 e. The number of aromatic nitrogens is 4. The number of halogens is 1. The summed E-state index contributed by atoms with van der Waals surface area (Å²) in [6.45, 7) is 0.363. The zero-order chi connectivity index (χ0) is 20.8. The van der Waals surface area contributed by atoms with E-state index in [1.807, 2.05) is 24.3 Å². The highest BCUT2D eigenvalue weighted by atomic mass is 19.1. The van der Waals surface area contributed by atoms with Crippen LogP contribution in [0.25, 0.3) is 16.9 Å². The van der Waals surface area contributed by atoms with E-state index < -0.39 is 11.5 Å². The number of rotatable bonds is 5. The van der Waals surface area contributed by atoms with E-state index in [2.05, 4.69) is 4.98 Å². The molecule has 1 aliphatic carbocycles. The summed E-state index contributed by atoms with van der Waals surface area (Å²) >= 11 is 0. The number of benzene rings is 2. The topological polar surface area (TPSA) is 71.1 Å². The first-order chi connectivity index (χ1) is 14.6. The molecule has 0 aliphatic heterocycles. The van der Waals surface area contributed by atoms with E-state index >= 15 is 0 Å². The minimum Gasteiger partial charge on any atom is -0.496 e. The van der Waals surface area contributed by atoms with Gasteiger partial charge in [0.05, 0.1) is 25.7 Å². The highest BCUT2D eigenvalue weighted by molar-refractivity contribution is 5.72. The monoisotopic (exact) mass is 406 g/mol. The fourth-order valence-electron chi connectivity index (χ4n) is 3.77. The van der Waals surface area contributed by atoms with Crippen molar-refractivity contribution in [2.75, 3.05) is 7.11 Å². The maximum absolute atomic E-state index is 13.4. The molecule has 1 aliphatic rings. The number of para-hydroxylation sites is 1. The van der Waals surface area contributed by atoms with Gasteiger partial charge in [-0.05, 0) is 43.2 Å². The standard InChI is InChI=1S/C22H19FN4O3/c1-30-18-5-3-2-4-14(18)12-25-13-24-20-19(25)21(28)27(17-10-11-17)22(29)26(20)16-8-6-15(23)7-9-16/h2-9,13,17H,10-12H2,1H3. The van der Waals surface area contributed by atoms with E-state index in [4.69, 9.17) is 4.74 Å². The van der Waals surface area contributed by atoms with E-state index in [9.17, 15) is 14.0 Å². The molecule has 2 aromatic heterocycles. The molecule has 152 valence electrons. The number of fused-ring (bicyclic) bond motifs is 1. The number of hydrogen-bond acceptors (Lipinski definition) is 4. The molecule has 8 heteroatoms. The molecular formula is C22H19FN4O3. The molecule has 0 spiro atoms. The molecule has 30 heavy (non-hydrogen) atoms. The van der Waals surface area contributed by atoms with Gasteiger partial charge in [-0.2, -0.15) is 0 Å². The molecule has 0 bridgehead atoms. The summed E-state index contributed by atoms with van der Waals surface area (Å²) in [4.78, 5) is 30.9. The Bertz CT molecular complexity index is 1360. The third-order valence-electron chi connectivity index (χ3n) is 5.38. The molecule has 0 radical (unpaired) electrons. The zero-order valence-electron chi connectivity index (χ0n) is 16.3. The Morgan fingerprint density at radius 3 is 2.53 bits per heavy atom. The van der Waals surface area contributed by atoms with Gasteiger partial charge in [0, 0.05) is 11.6 Å². The van der Waals surface area contributed by atoms with Gasteiger partial charge in [-0.3, -0.25) is 9.36 Å². The highest BCUT2D eigenvalue weighted by Gasteiger charge is 2.30. The molecule has 2 aromatic carbocycles. The minimum absolute atomic E-state index is 0.115. The van der Waals surface area contributed by atoms with Gasteiger partial charge < -0.3 is 9.30 Å². The van der Waals surface area contributed by atoms with Crippen LogP contribution in [0.5, 0.6) is 5.75 Å². The van der Waals surface area contributed by atoms with Crippen molar-refractivity contribution in [3.8, 4) is 11.4 Å². The first kappa shape index (κ1) is 18.4. The van der Waals surface area contributed by atoms with Crippen LogP contribution in [-0.2, 0) is 6.54 Å². The summed E-state index contributed by atoms with van der Waals surface area (Å²) in [6, 6.07) is 13.0. The third-order valence-corrected chi connectivity index (χ3v) is 5.38. The summed E-state index contributed by atoms with van der Waals surface area (Å²) in [5.41, 5.74) is 1.12. The van der Waals surface area contributed by atoms with Gasteiger partial charge in [0.25, 0.3) is 5.56 Å². The number of nitrogens with zero attached hydrogens (tertiary/aromatic N) is 4. The molecule has 2 heterocycles. The molecule has 0 amide bonds.